The molecule has 0 radical (unpaired) electrons. The first-order chi connectivity index (χ1) is 6.68. The molecule has 0 aromatic carbocycles. The monoisotopic (exact) mass is 225 g/mol. The maximum atomic E-state index is 10.0. The van der Waals surface area contributed by atoms with Gasteiger partial charge in [-0.25, -0.2) is 4.98 Å². The molecule has 2 aromatic rings. The van der Waals surface area contributed by atoms with Crippen molar-refractivity contribution in [3.63, 3.8) is 0 Å². The molecular weight excluding hydrogens is 214 g/mol. The molecule has 0 spiro atoms. The summed E-state index contributed by atoms with van der Waals surface area (Å²) < 4.78 is 0. The predicted octanol–water partition coefficient (Wildman–Crippen LogP) is 2.90. The molecule has 1 N–H and O–H groups in total. The van der Waals surface area contributed by atoms with Crippen LogP contribution < -0.4 is 0 Å². The van der Waals surface area contributed by atoms with E-state index in [9.17, 15) is 5.11 Å². The maximum absolute atomic E-state index is 10.0. The fraction of sp³-hybridized carbons (Fsp3) is 0.300. The average molecular weight is 225 g/mol. The first kappa shape index (κ1) is 9.83. The van der Waals surface area contributed by atoms with Crippen molar-refractivity contribution in [1.82, 2.24) is 4.98 Å². The number of thiophene rings is 1. The third kappa shape index (κ3) is 1.73. The van der Waals surface area contributed by atoms with Gasteiger partial charge in [0.05, 0.1) is 0 Å². The van der Waals surface area contributed by atoms with Crippen LogP contribution in [0.4, 0.5) is 0 Å². The van der Waals surface area contributed by atoms with Crippen molar-refractivity contribution in [2.45, 2.75) is 20.0 Å². The number of aliphatic hydroxyl groups is 1. The van der Waals surface area contributed by atoms with E-state index in [1.54, 1.807) is 11.3 Å². The van der Waals surface area contributed by atoms with Crippen LogP contribution in [0.3, 0.4) is 0 Å². The number of nitrogens with zero attached hydrogens (tertiary/aromatic N) is 1. The zero-order valence-electron chi connectivity index (χ0n) is 8.02. The lowest BCUT2D eigenvalue weighted by Crippen LogP contribution is -1.98. The molecule has 0 saturated carbocycles. The Balaban J connectivity index is 2.33. The lowest BCUT2D eigenvalue weighted by molar-refractivity contribution is 0.219. The molecule has 0 aliphatic carbocycles. The summed E-state index contributed by atoms with van der Waals surface area (Å²) in [5, 5.41) is 14.8. The smallest absolute Gasteiger partial charge is 0.132 e. The van der Waals surface area contributed by atoms with Gasteiger partial charge in [0.25, 0.3) is 0 Å². The summed E-state index contributed by atoms with van der Waals surface area (Å²) in [6.45, 7) is 3.96. The molecule has 1 atom stereocenters. The zero-order chi connectivity index (χ0) is 10.1. The van der Waals surface area contributed by atoms with Crippen LogP contribution in [0.25, 0.3) is 0 Å². The quantitative estimate of drug-likeness (QED) is 0.852. The minimum absolute atomic E-state index is 0.556. The fourth-order valence-corrected chi connectivity index (χ4v) is 2.84. The van der Waals surface area contributed by atoms with Gasteiger partial charge in [-0.2, -0.15) is 0 Å². The zero-order valence-corrected chi connectivity index (χ0v) is 9.65. The molecule has 2 rings (SSSR count). The van der Waals surface area contributed by atoms with Crippen molar-refractivity contribution < 1.29 is 5.11 Å². The lowest BCUT2D eigenvalue weighted by atomic mass is 10.1. The highest BCUT2D eigenvalue weighted by Crippen LogP contribution is 2.29. The second-order valence-corrected chi connectivity index (χ2v) is 5.17. The molecule has 1 unspecified atom stereocenters. The second kappa shape index (κ2) is 3.81. The molecular formula is C10H11NOS2. The van der Waals surface area contributed by atoms with Crippen molar-refractivity contribution in [2.24, 2.45) is 0 Å². The van der Waals surface area contributed by atoms with E-state index in [-0.39, 0.29) is 0 Å². The normalized spacial score (nSPS) is 13.1. The molecule has 2 nitrogen and oxygen atoms in total. The van der Waals surface area contributed by atoms with Crippen LogP contribution in [0.15, 0.2) is 16.8 Å². The third-order valence-electron chi connectivity index (χ3n) is 2.06. The summed E-state index contributed by atoms with van der Waals surface area (Å²) in [5.74, 6) is 0. The average Bonchev–Trinajstić information content (AvgIpc) is 2.73. The number of aromatic nitrogens is 1. The van der Waals surface area contributed by atoms with Crippen molar-refractivity contribution >= 4 is 22.7 Å². The van der Waals surface area contributed by atoms with E-state index in [0.717, 1.165) is 21.1 Å². The van der Waals surface area contributed by atoms with Gasteiger partial charge in [-0.15, -0.1) is 22.7 Å². The van der Waals surface area contributed by atoms with Gasteiger partial charge in [0.2, 0.25) is 0 Å². The number of aryl methyl sites for hydroxylation is 2. The summed E-state index contributed by atoms with van der Waals surface area (Å²) in [5.41, 5.74) is 1.95. The van der Waals surface area contributed by atoms with Gasteiger partial charge in [0, 0.05) is 21.5 Å². The van der Waals surface area contributed by atoms with E-state index >= 15 is 0 Å². The van der Waals surface area contributed by atoms with Crippen molar-refractivity contribution in [2.75, 3.05) is 0 Å². The maximum Gasteiger partial charge on any atom is 0.132 e. The molecule has 2 heterocycles. The Kier molecular flexibility index (Phi) is 2.67. The van der Waals surface area contributed by atoms with Gasteiger partial charge in [-0.05, 0) is 25.3 Å². The van der Waals surface area contributed by atoms with Gasteiger partial charge in [0.15, 0.2) is 0 Å². The van der Waals surface area contributed by atoms with E-state index < -0.39 is 6.10 Å². The summed E-state index contributed by atoms with van der Waals surface area (Å²) in [6, 6.07) is 1.96. The molecule has 0 amide bonds. The highest BCUT2D eigenvalue weighted by molar-refractivity contribution is 7.10. The molecule has 4 heteroatoms. The lowest BCUT2D eigenvalue weighted by Gasteiger charge is -2.06. The molecule has 0 saturated heterocycles. The van der Waals surface area contributed by atoms with E-state index in [2.05, 4.69) is 4.98 Å². The molecule has 0 bridgehead atoms. The van der Waals surface area contributed by atoms with E-state index in [4.69, 9.17) is 0 Å². The molecule has 14 heavy (non-hydrogen) atoms. The van der Waals surface area contributed by atoms with Crippen LogP contribution in [0, 0.1) is 13.8 Å². The number of thiazole rings is 1. The van der Waals surface area contributed by atoms with Gasteiger partial charge in [-0.3, -0.25) is 0 Å². The van der Waals surface area contributed by atoms with E-state index in [1.807, 2.05) is 30.7 Å². The minimum Gasteiger partial charge on any atom is -0.381 e. The Morgan fingerprint density at radius 3 is 2.64 bits per heavy atom. The topological polar surface area (TPSA) is 33.1 Å². The third-order valence-corrected chi connectivity index (χ3v) is 3.94. The number of hydrogen-bond acceptors (Lipinski definition) is 4. The first-order valence-corrected chi connectivity index (χ1v) is 6.08. The van der Waals surface area contributed by atoms with Crippen LogP contribution in [0.1, 0.15) is 27.2 Å². The Labute approximate surface area is 90.9 Å². The Morgan fingerprint density at radius 2 is 2.14 bits per heavy atom. The highest BCUT2D eigenvalue weighted by atomic mass is 32.1. The molecule has 0 fully saturated rings. The SMILES string of the molecule is Cc1csc(C(O)c2ccsc2C)n1. The van der Waals surface area contributed by atoms with Crippen molar-refractivity contribution in [1.29, 1.82) is 0 Å². The highest BCUT2D eigenvalue weighted by Gasteiger charge is 2.16. The Hall–Kier alpha value is -0.710. The summed E-state index contributed by atoms with van der Waals surface area (Å²) in [7, 11) is 0. The van der Waals surface area contributed by atoms with Gasteiger partial charge in [0.1, 0.15) is 11.1 Å². The van der Waals surface area contributed by atoms with Crippen LogP contribution in [-0.2, 0) is 0 Å². The number of rotatable bonds is 2. The summed E-state index contributed by atoms with van der Waals surface area (Å²) in [4.78, 5) is 5.44. The summed E-state index contributed by atoms with van der Waals surface area (Å²) >= 11 is 3.16. The molecule has 74 valence electrons. The van der Waals surface area contributed by atoms with Gasteiger partial charge < -0.3 is 5.11 Å². The first-order valence-electron chi connectivity index (χ1n) is 4.32. The Morgan fingerprint density at radius 1 is 1.36 bits per heavy atom. The standard InChI is InChI=1S/C10H11NOS2/c1-6-5-14-10(11-6)9(12)8-3-4-13-7(8)2/h3-5,9,12H,1-2H3. The Bertz CT molecular complexity index is 433. The van der Waals surface area contributed by atoms with Crippen LogP contribution in [0.2, 0.25) is 0 Å². The number of hydrogen-bond donors (Lipinski definition) is 1. The fourth-order valence-electron chi connectivity index (χ4n) is 1.31. The largest absolute Gasteiger partial charge is 0.381 e. The van der Waals surface area contributed by atoms with Crippen molar-refractivity contribution in [3.05, 3.63) is 38.0 Å². The minimum atomic E-state index is -0.556. The second-order valence-electron chi connectivity index (χ2n) is 3.16. The van der Waals surface area contributed by atoms with Gasteiger partial charge >= 0.3 is 0 Å². The van der Waals surface area contributed by atoms with E-state index in [0.29, 0.717) is 0 Å². The molecule has 2 aromatic heterocycles. The molecule has 0 aliphatic rings. The van der Waals surface area contributed by atoms with Crippen LogP contribution >= 0.6 is 22.7 Å². The van der Waals surface area contributed by atoms with Gasteiger partial charge in [-0.1, -0.05) is 0 Å². The van der Waals surface area contributed by atoms with E-state index in [1.165, 1.54) is 11.3 Å². The molecule has 0 aliphatic heterocycles. The number of aliphatic hydroxyl groups excluding tert-OH is 1. The van der Waals surface area contributed by atoms with Crippen molar-refractivity contribution in [3.8, 4) is 0 Å². The van der Waals surface area contributed by atoms with Crippen LogP contribution in [0.5, 0.6) is 0 Å². The van der Waals surface area contributed by atoms with Crippen LogP contribution in [-0.4, -0.2) is 10.1 Å². The summed E-state index contributed by atoms with van der Waals surface area (Å²) in [6.07, 6.45) is -0.556. The predicted molar refractivity (Wildman–Crippen MR) is 60.0 cm³/mol.